The van der Waals surface area contributed by atoms with Gasteiger partial charge in [0.25, 0.3) is 5.91 Å². The summed E-state index contributed by atoms with van der Waals surface area (Å²) >= 11 is 0. The lowest BCUT2D eigenvalue weighted by Gasteiger charge is -2.25. The molecule has 1 amide bonds. The minimum Gasteiger partial charge on any atom is -0.347 e. The average molecular weight is 260 g/mol. The fourth-order valence-corrected chi connectivity index (χ4v) is 1.55. The van der Waals surface area contributed by atoms with E-state index in [-0.39, 0.29) is 0 Å². The molecule has 0 heterocycles. The Bertz CT molecular complexity index is 438. The summed E-state index contributed by atoms with van der Waals surface area (Å²) in [6, 6.07) is 0.932. The number of carbonyl (C=O) groups excluding carboxylic acids is 1. The van der Waals surface area contributed by atoms with Crippen molar-refractivity contribution in [2.45, 2.75) is 25.8 Å². The predicted octanol–water partition coefficient (Wildman–Crippen LogP) is 1.96. The molecule has 0 bridgehead atoms. The van der Waals surface area contributed by atoms with Crippen molar-refractivity contribution in [3.63, 3.8) is 0 Å². The molecule has 1 aromatic carbocycles. The molecule has 18 heavy (non-hydrogen) atoms. The Labute approximate surface area is 103 Å². The molecule has 0 aromatic heterocycles. The second-order valence-electron chi connectivity index (χ2n) is 4.62. The Morgan fingerprint density at radius 2 is 1.78 bits per heavy atom. The number of rotatable bonds is 4. The molecule has 0 spiro atoms. The van der Waals surface area contributed by atoms with Crippen molar-refractivity contribution in [3.05, 3.63) is 35.1 Å². The molecule has 3 N–H and O–H groups in total. The van der Waals surface area contributed by atoms with Gasteiger partial charge >= 0.3 is 0 Å². The molecule has 0 saturated carbocycles. The first kappa shape index (κ1) is 14.5. The molecular weight excluding hydrogens is 245 g/mol. The zero-order valence-electron chi connectivity index (χ0n) is 10.2. The van der Waals surface area contributed by atoms with E-state index in [0.717, 1.165) is 0 Å². The van der Waals surface area contributed by atoms with Crippen molar-refractivity contribution in [1.82, 2.24) is 5.32 Å². The van der Waals surface area contributed by atoms with Crippen LogP contribution in [0.25, 0.3) is 0 Å². The van der Waals surface area contributed by atoms with Gasteiger partial charge in [-0.25, -0.2) is 13.2 Å². The molecule has 0 fully saturated rings. The van der Waals surface area contributed by atoms with Crippen molar-refractivity contribution in [2.24, 2.45) is 5.73 Å². The normalized spacial score (nSPS) is 11.4. The topological polar surface area (TPSA) is 55.1 Å². The van der Waals surface area contributed by atoms with E-state index in [0.29, 0.717) is 25.1 Å². The van der Waals surface area contributed by atoms with Crippen LogP contribution in [0.5, 0.6) is 0 Å². The monoisotopic (exact) mass is 260 g/mol. The minimum absolute atomic E-state index is 0.321. The van der Waals surface area contributed by atoms with Crippen molar-refractivity contribution in [1.29, 1.82) is 0 Å². The standard InChI is InChI=1S/C12H15F3N2O/c1-12(2,3-4-16)17-11(18)10-8(14)5-7(13)6-9(10)15/h5-6H,3-4,16H2,1-2H3,(H,17,18). The van der Waals surface area contributed by atoms with Crippen LogP contribution in [-0.4, -0.2) is 18.0 Å². The maximum absolute atomic E-state index is 13.4. The van der Waals surface area contributed by atoms with E-state index >= 15 is 0 Å². The zero-order chi connectivity index (χ0) is 13.9. The van der Waals surface area contributed by atoms with Crippen LogP contribution in [0.1, 0.15) is 30.6 Å². The van der Waals surface area contributed by atoms with Crippen LogP contribution >= 0.6 is 0 Å². The van der Waals surface area contributed by atoms with Crippen molar-refractivity contribution < 1.29 is 18.0 Å². The number of hydrogen-bond donors (Lipinski definition) is 2. The number of carbonyl (C=O) groups is 1. The number of benzene rings is 1. The maximum Gasteiger partial charge on any atom is 0.257 e. The third-order valence-electron chi connectivity index (χ3n) is 2.46. The van der Waals surface area contributed by atoms with Gasteiger partial charge in [-0.3, -0.25) is 4.79 Å². The first-order valence-corrected chi connectivity index (χ1v) is 5.44. The van der Waals surface area contributed by atoms with Gasteiger partial charge in [0.1, 0.15) is 23.0 Å². The Hall–Kier alpha value is -1.56. The predicted molar refractivity (Wildman–Crippen MR) is 61.5 cm³/mol. The van der Waals surface area contributed by atoms with E-state index in [2.05, 4.69) is 5.32 Å². The molecule has 0 saturated heterocycles. The van der Waals surface area contributed by atoms with Gasteiger partial charge < -0.3 is 11.1 Å². The largest absolute Gasteiger partial charge is 0.347 e. The van der Waals surface area contributed by atoms with Gasteiger partial charge in [-0.05, 0) is 26.8 Å². The molecule has 0 unspecified atom stereocenters. The van der Waals surface area contributed by atoms with E-state index in [9.17, 15) is 18.0 Å². The lowest BCUT2D eigenvalue weighted by atomic mass is 10.00. The van der Waals surface area contributed by atoms with Crippen LogP contribution in [0.4, 0.5) is 13.2 Å². The van der Waals surface area contributed by atoms with E-state index in [4.69, 9.17) is 5.73 Å². The van der Waals surface area contributed by atoms with Gasteiger partial charge in [-0.2, -0.15) is 0 Å². The molecule has 0 aliphatic rings. The Morgan fingerprint density at radius 1 is 1.28 bits per heavy atom. The van der Waals surface area contributed by atoms with E-state index in [1.165, 1.54) is 0 Å². The highest BCUT2D eigenvalue weighted by atomic mass is 19.1. The molecule has 1 aromatic rings. The van der Waals surface area contributed by atoms with Gasteiger partial charge in [0.2, 0.25) is 0 Å². The molecule has 0 atom stereocenters. The van der Waals surface area contributed by atoms with Crippen LogP contribution in [0.15, 0.2) is 12.1 Å². The van der Waals surface area contributed by atoms with E-state index in [1.807, 2.05) is 0 Å². The van der Waals surface area contributed by atoms with Crippen LogP contribution in [0.3, 0.4) is 0 Å². The molecular formula is C12H15F3N2O. The number of halogens is 3. The second-order valence-corrected chi connectivity index (χ2v) is 4.62. The summed E-state index contributed by atoms with van der Waals surface area (Å²) in [5.74, 6) is -4.45. The summed E-state index contributed by atoms with van der Waals surface area (Å²) in [5, 5.41) is 2.45. The Balaban J connectivity index is 2.98. The third kappa shape index (κ3) is 3.46. The van der Waals surface area contributed by atoms with Crippen molar-refractivity contribution >= 4 is 5.91 Å². The molecule has 0 aliphatic heterocycles. The van der Waals surface area contributed by atoms with Crippen molar-refractivity contribution in [3.8, 4) is 0 Å². The third-order valence-corrected chi connectivity index (χ3v) is 2.46. The average Bonchev–Trinajstić information content (AvgIpc) is 2.13. The molecule has 3 nitrogen and oxygen atoms in total. The highest BCUT2D eigenvalue weighted by Crippen LogP contribution is 2.16. The SMILES string of the molecule is CC(C)(CCN)NC(=O)c1c(F)cc(F)cc1F. The highest BCUT2D eigenvalue weighted by molar-refractivity contribution is 5.95. The Morgan fingerprint density at radius 3 is 2.22 bits per heavy atom. The number of amides is 1. The summed E-state index contributed by atoms with van der Waals surface area (Å²) < 4.78 is 39.4. The first-order valence-electron chi connectivity index (χ1n) is 5.44. The quantitative estimate of drug-likeness (QED) is 0.869. The molecule has 0 aliphatic carbocycles. The Kier molecular flexibility index (Phi) is 4.34. The minimum atomic E-state index is -1.23. The van der Waals surface area contributed by atoms with Gasteiger partial charge in [0.15, 0.2) is 0 Å². The van der Waals surface area contributed by atoms with Crippen LogP contribution in [-0.2, 0) is 0 Å². The summed E-state index contributed by atoms with van der Waals surface area (Å²) in [4.78, 5) is 11.7. The molecule has 1 rings (SSSR count). The van der Waals surface area contributed by atoms with Crippen LogP contribution in [0.2, 0.25) is 0 Å². The van der Waals surface area contributed by atoms with E-state index in [1.54, 1.807) is 13.8 Å². The number of hydrogen-bond acceptors (Lipinski definition) is 2. The van der Waals surface area contributed by atoms with E-state index < -0.39 is 34.5 Å². The highest BCUT2D eigenvalue weighted by Gasteiger charge is 2.25. The van der Waals surface area contributed by atoms with Gasteiger partial charge in [-0.1, -0.05) is 0 Å². The molecule has 0 radical (unpaired) electrons. The molecule has 6 heteroatoms. The summed E-state index contributed by atoms with van der Waals surface area (Å²) in [6.07, 6.45) is 0.448. The first-order chi connectivity index (χ1) is 8.26. The number of nitrogens with one attached hydrogen (secondary N) is 1. The van der Waals surface area contributed by atoms with Crippen LogP contribution in [0, 0.1) is 17.5 Å². The van der Waals surface area contributed by atoms with Crippen LogP contribution < -0.4 is 11.1 Å². The summed E-state index contributed by atoms with van der Waals surface area (Å²) in [5.41, 5.74) is 3.87. The number of nitrogens with two attached hydrogens (primary N) is 1. The smallest absolute Gasteiger partial charge is 0.257 e. The second kappa shape index (κ2) is 5.39. The zero-order valence-corrected chi connectivity index (χ0v) is 10.2. The fraction of sp³-hybridized carbons (Fsp3) is 0.417. The lowest BCUT2D eigenvalue weighted by molar-refractivity contribution is 0.0901. The summed E-state index contributed by atoms with van der Waals surface area (Å²) in [6.45, 7) is 3.68. The fourth-order valence-electron chi connectivity index (χ4n) is 1.55. The summed E-state index contributed by atoms with van der Waals surface area (Å²) in [7, 11) is 0. The lowest BCUT2D eigenvalue weighted by Crippen LogP contribution is -2.45. The van der Waals surface area contributed by atoms with Crippen molar-refractivity contribution in [2.75, 3.05) is 6.54 Å². The van der Waals surface area contributed by atoms with Gasteiger partial charge in [0, 0.05) is 17.7 Å². The van der Waals surface area contributed by atoms with Gasteiger partial charge in [0.05, 0.1) is 0 Å². The molecule has 100 valence electrons. The van der Waals surface area contributed by atoms with Gasteiger partial charge in [-0.15, -0.1) is 0 Å². The maximum atomic E-state index is 13.4.